The number of hydrogen-bond acceptors (Lipinski definition) is 2. The van der Waals surface area contributed by atoms with Crippen LogP contribution in [0.25, 0.3) is 0 Å². The zero-order valence-electron chi connectivity index (χ0n) is 15.9. The van der Waals surface area contributed by atoms with Gasteiger partial charge < -0.3 is 4.90 Å². The average molecular weight is 299 g/mol. The van der Waals surface area contributed by atoms with Crippen molar-refractivity contribution >= 4 is 0 Å². The molecule has 0 aromatic carbocycles. The van der Waals surface area contributed by atoms with Crippen molar-refractivity contribution in [2.24, 2.45) is 0 Å². The van der Waals surface area contributed by atoms with Gasteiger partial charge in [0.2, 0.25) is 0 Å². The van der Waals surface area contributed by atoms with Gasteiger partial charge in [-0.3, -0.25) is 4.90 Å². The normalized spacial score (nSPS) is 12.6. The van der Waals surface area contributed by atoms with Gasteiger partial charge in [-0.05, 0) is 40.9 Å². The lowest BCUT2D eigenvalue weighted by Crippen LogP contribution is -2.46. The van der Waals surface area contributed by atoms with E-state index in [4.69, 9.17) is 0 Å². The summed E-state index contributed by atoms with van der Waals surface area (Å²) in [7, 11) is 6.69. The Kier molecular flexibility index (Phi) is 12.4. The molecule has 21 heavy (non-hydrogen) atoms. The van der Waals surface area contributed by atoms with Gasteiger partial charge in [0.1, 0.15) is 0 Å². The molecule has 0 fully saturated rings. The lowest BCUT2D eigenvalue weighted by molar-refractivity contribution is 0.101. The Bertz CT molecular complexity index is 214. The van der Waals surface area contributed by atoms with Gasteiger partial charge in [-0.1, -0.05) is 65.2 Å². The minimum atomic E-state index is 0.400. The molecule has 0 atom stereocenters. The molecular weight excluding hydrogens is 256 g/mol. The van der Waals surface area contributed by atoms with Crippen LogP contribution < -0.4 is 0 Å². The molecule has 0 unspecified atom stereocenters. The Balaban J connectivity index is 4.34. The highest BCUT2D eigenvalue weighted by Crippen LogP contribution is 2.28. The van der Waals surface area contributed by atoms with Gasteiger partial charge in [-0.2, -0.15) is 0 Å². The fourth-order valence-electron chi connectivity index (χ4n) is 2.99. The summed E-state index contributed by atoms with van der Waals surface area (Å²) in [5, 5.41) is 0. The fourth-order valence-corrected chi connectivity index (χ4v) is 2.99. The third-order valence-electron chi connectivity index (χ3n) is 4.94. The van der Waals surface area contributed by atoms with Gasteiger partial charge in [0, 0.05) is 18.6 Å². The maximum atomic E-state index is 2.63. The lowest BCUT2D eigenvalue weighted by Gasteiger charge is -2.40. The third-order valence-corrected chi connectivity index (χ3v) is 4.94. The van der Waals surface area contributed by atoms with E-state index in [0.29, 0.717) is 5.54 Å². The van der Waals surface area contributed by atoms with Crippen LogP contribution in [-0.4, -0.2) is 49.6 Å². The number of hydrogen-bond donors (Lipinski definition) is 0. The van der Waals surface area contributed by atoms with Crippen LogP contribution in [0.4, 0.5) is 0 Å². The van der Waals surface area contributed by atoms with E-state index in [1.807, 2.05) is 0 Å². The van der Waals surface area contributed by atoms with E-state index >= 15 is 0 Å². The Morgan fingerprint density at radius 2 is 1.14 bits per heavy atom. The maximum Gasteiger partial charge on any atom is 0.0178 e. The van der Waals surface area contributed by atoms with E-state index in [1.54, 1.807) is 0 Å². The van der Waals surface area contributed by atoms with Crippen LogP contribution in [0.5, 0.6) is 0 Å². The van der Waals surface area contributed by atoms with E-state index < -0.39 is 0 Å². The van der Waals surface area contributed by atoms with Crippen molar-refractivity contribution < 1.29 is 0 Å². The van der Waals surface area contributed by atoms with Crippen molar-refractivity contribution in [3.63, 3.8) is 0 Å². The van der Waals surface area contributed by atoms with Gasteiger partial charge in [0.25, 0.3) is 0 Å². The molecule has 0 radical (unpaired) electrons. The fraction of sp³-hybridized carbons (Fsp3) is 1.00. The second kappa shape index (κ2) is 12.5. The van der Waals surface area contributed by atoms with Gasteiger partial charge in [0.05, 0.1) is 0 Å². The lowest BCUT2D eigenvalue weighted by atomic mass is 9.86. The summed E-state index contributed by atoms with van der Waals surface area (Å²) in [5.74, 6) is 0. The Morgan fingerprint density at radius 3 is 1.52 bits per heavy atom. The second-order valence-electron chi connectivity index (χ2n) is 7.34. The number of likely N-dealkylation sites (N-methyl/N-ethyl adjacent to an activating group) is 2. The summed E-state index contributed by atoms with van der Waals surface area (Å²) in [6, 6.07) is 0. The summed E-state index contributed by atoms with van der Waals surface area (Å²) in [6.07, 6.45) is 13.8. The smallest absolute Gasteiger partial charge is 0.0178 e. The molecule has 0 heterocycles. The van der Waals surface area contributed by atoms with Crippen LogP contribution in [-0.2, 0) is 0 Å². The first-order valence-corrected chi connectivity index (χ1v) is 9.32. The first-order chi connectivity index (χ1) is 9.96. The SMILES string of the molecule is CCCCCCC(C)(CCCCCC)N(C)CCN(C)C. The quantitative estimate of drug-likeness (QED) is 0.408. The van der Waals surface area contributed by atoms with Crippen LogP contribution >= 0.6 is 0 Å². The largest absolute Gasteiger partial charge is 0.308 e. The van der Waals surface area contributed by atoms with Crippen LogP contribution in [0.2, 0.25) is 0 Å². The first kappa shape index (κ1) is 20.9. The highest BCUT2D eigenvalue weighted by atomic mass is 15.2. The van der Waals surface area contributed by atoms with Crippen molar-refractivity contribution in [3.05, 3.63) is 0 Å². The van der Waals surface area contributed by atoms with Crippen molar-refractivity contribution in [2.45, 2.75) is 90.5 Å². The molecular formula is C19H42N2. The molecule has 2 heteroatoms. The highest BCUT2D eigenvalue weighted by molar-refractivity contribution is 4.84. The Labute approximate surface area is 135 Å². The molecule has 0 rings (SSSR count). The molecule has 0 aliphatic carbocycles. The van der Waals surface area contributed by atoms with E-state index in [0.717, 1.165) is 6.54 Å². The molecule has 0 aromatic heterocycles. The van der Waals surface area contributed by atoms with Gasteiger partial charge in [-0.15, -0.1) is 0 Å². The summed E-state index contributed by atoms with van der Waals surface area (Å²) >= 11 is 0. The van der Waals surface area contributed by atoms with E-state index in [9.17, 15) is 0 Å². The summed E-state index contributed by atoms with van der Waals surface area (Å²) < 4.78 is 0. The molecule has 0 spiro atoms. The molecule has 0 bridgehead atoms. The molecule has 0 aliphatic heterocycles. The highest BCUT2D eigenvalue weighted by Gasteiger charge is 2.27. The summed E-state index contributed by atoms with van der Waals surface area (Å²) in [4.78, 5) is 4.93. The monoisotopic (exact) mass is 298 g/mol. The number of unbranched alkanes of at least 4 members (excludes halogenated alkanes) is 6. The molecule has 0 aliphatic rings. The molecule has 0 amide bonds. The zero-order valence-corrected chi connectivity index (χ0v) is 15.9. The Morgan fingerprint density at radius 1 is 0.667 bits per heavy atom. The minimum absolute atomic E-state index is 0.400. The van der Waals surface area contributed by atoms with Crippen molar-refractivity contribution in [1.29, 1.82) is 0 Å². The molecule has 0 saturated heterocycles. The number of nitrogens with zero attached hydrogens (tertiary/aromatic N) is 2. The summed E-state index contributed by atoms with van der Waals surface area (Å²) in [5.41, 5.74) is 0.400. The molecule has 0 saturated carbocycles. The topological polar surface area (TPSA) is 6.48 Å². The van der Waals surface area contributed by atoms with Crippen molar-refractivity contribution in [1.82, 2.24) is 9.80 Å². The van der Waals surface area contributed by atoms with Crippen molar-refractivity contribution in [3.8, 4) is 0 Å². The van der Waals surface area contributed by atoms with Crippen LogP contribution in [0.15, 0.2) is 0 Å². The van der Waals surface area contributed by atoms with Crippen LogP contribution in [0.3, 0.4) is 0 Å². The second-order valence-corrected chi connectivity index (χ2v) is 7.34. The van der Waals surface area contributed by atoms with E-state index in [1.165, 1.54) is 70.8 Å². The van der Waals surface area contributed by atoms with Gasteiger partial charge in [-0.25, -0.2) is 0 Å². The summed E-state index contributed by atoms with van der Waals surface area (Å²) in [6.45, 7) is 9.45. The Hall–Kier alpha value is -0.0800. The first-order valence-electron chi connectivity index (χ1n) is 9.32. The predicted molar refractivity (Wildman–Crippen MR) is 97.1 cm³/mol. The van der Waals surface area contributed by atoms with Crippen LogP contribution in [0, 0.1) is 0 Å². The minimum Gasteiger partial charge on any atom is -0.308 e. The molecule has 0 aromatic rings. The molecule has 0 N–H and O–H groups in total. The predicted octanol–water partition coefficient (Wildman–Crippen LogP) is 5.18. The van der Waals surface area contributed by atoms with Gasteiger partial charge >= 0.3 is 0 Å². The van der Waals surface area contributed by atoms with Gasteiger partial charge in [0.15, 0.2) is 0 Å². The molecule has 2 nitrogen and oxygen atoms in total. The standard InChI is InChI=1S/C19H42N2/c1-7-9-11-13-15-19(3,16-14-12-10-8-2)21(6)18-17-20(4)5/h7-18H2,1-6H3. The van der Waals surface area contributed by atoms with E-state index in [-0.39, 0.29) is 0 Å². The van der Waals surface area contributed by atoms with Crippen LogP contribution in [0.1, 0.15) is 85.0 Å². The zero-order chi connectivity index (χ0) is 16.1. The van der Waals surface area contributed by atoms with Crippen molar-refractivity contribution in [2.75, 3.05) is 34.2 Å². The average Bonchev–Trinajstić information content (AvgIpc) is 2.45. The maximum absolute atomic E-state index is 2.63. The van der Waals surface area contributed by atoms with E-state index in [2.05, 4.69) is 51.7 Å². The molecule has 128 valence electrons. The number of rotatable bonds is 14. The third kappa shape index (κ3) is 10.3.